The zero-order chi connectivity index (χ0) is 19.9. The summed E-state index contributed by atoms with van der Waals surface area (Å²) in [6.45, 7) is 17.2. The normalized spacial score (nSPS) is 28.8. The summed E-state index contributed by atoms with van der Waals surface area (Å²) in [5.41, 5.74) is 0.567. The van der Waals surface area contributed by atoms with Gasteiger partial charge in [-0.15, -0.1) is 0 Å². The van der Waals surface area contributed by atoms with Crippen molar-refractivity contribution in [1.82, 2.24) is 14.7 Å². The monoisotopic (exact) mass is 389 g/mol. The molecule has 4 heteroatoms. The van der Waals surface area contributed by atoms with Crippen LogP contribution in [-0.4, -0.2) is 78.4 Å². The third-order valence-electron chi connectivity index (χ3n) is 8.53. The van der Waals surface area contributed by atoms with Crippen molar-refractivity contribution in [2.24, 2.45) is 23.2 Å². The number of likely N-dealkylation sites (tertiary alicyclic amines) is 3. The summed E-state index contributed by atoms with van der Waals surface area (Å²) in [4.78, 5) is 19.9. The second-order valence-electron chi connectivity index (χ2n) is 11.2. The van der Waals surface area contributed by atoms with Crippen LogP contribution in [0, 0.1) is 23.2 Å². The Bertz CT molecular complexity index is 530. The lowest BCUT2D eigenvalue weighted by Crippen LogP contribution is -2.67. The molecule has 0 atom stereocenters. The number of carbonyl (C=O) groups is 1. The van der Waals surface area contributed by atoms with E-state index in [0.29, 0.717) is 17.7 Å². The Kier molecular flexibility index (Phi) is 6.21. The Balaban J connectivity index is 1.14. The van der Waals surface area contributed by atoms with Gasteiger partial charge >= 0.3 is 0 Å². The van der Waals surface area contributed by atoms with Crippen molar-refractivity contribution in [3.63, 3.8) is 0 Å². The molecule has 0 unspecified atom stereocenters. The average molecular weight is 390 g/mol. The number of rotatable bonds is 6. The van der Waals surface area contributed by atoms with Crippen LogP contribution in [0.5, 0.6) is 0 Å². The number of ketones is 1. The molecule has 1 spiro atoms. The van der Waals surface area contributed by atoms with Gasteiger partial charge in [-0.25, -0.2) is 0 Å². The molecule has 3 saturated heterocycles. The minimum absolute atomic E-state index is 0.183. The molecule has 0 amide bonds. The van der Waals surface area contributed by atoms with E-state index in [0.717, 1.165) is 23.9 Å². The molecule has 4 nitrogen and oxygen atoms in total. The highest BCUT2D eigenvalue weighted by Crippen LogP contribution is 2.50. The number of carbonyl (C=O) groups excluding carboxylic acids is 1. The Morgan fingerprint density at radius 3 is 1.93 bits per heavy atom. The number of hydrogen-bond acceptors (Lipinski definition) is 4. The smallest absolute Gasteiger partial charge is 0.149 e. The predicted octanol–water partition coefficient (Wildman–Crippen LogP) is 3.51. The van der Waals surface area contributed by atoms with Crippen LogP contribution in [0.25, 0.3) is 0 Å². The molecule has 3 aliphatic heterocycles. The Morgan fingerprint density at radius 1 is 0.857 bits per heavy atom. The van der Waals surface area contributed by atoms with E-state index in [1.54, 1.807) is 0 Å². The van der Waals surface area contributed by atoms with Crippen molar-refractivity contribution in [3.05, 3.63) is 0 Å². The maximum Gasteiger partial charge on any atom is 0.149 e. The van der Waals surface area contributed by atoms with Crippen molar-refractivity contribution in [2.75, 3.05) is 45.8 Å². The van der Waals surface area contributed by atoms with Gasteiger partial charge in [-0.2, -0.15) is 0 Å². The lowest BCUT2D eigenvalue weighted by Gasteiger charge is -2.62. The van der Waals surface area contributed by atoms with E-state index in [9.17, 15) is 4.79 Å². The Hall–Kier alpha value is -0.450. The van der Waals surface area contributed by atoms with E-state index in [-0.39, 0.29) is 5.92 Å². The van der Waals surface area contributed by atoms with E-state index in [2.05, 4.69) is 28.5 Å². The van der Waals surface area contributed by atoms with Crippen molar-refractivity contribution < 1.29 is 4.79 Å². The largest absolute Gasteiger partial charge is 0.300 e. The van der Waals surface area contributed by atoms with Crippen LogP contribution in [0.4, 0.5) is 0 Å². The molecule has 160 valence electrons. The van der Waals surface area contributed by atoms with Crippen molar-refractivity contribution in [1.29, 1.82) is 0 Å². The maximum absolute atomic E-state index is 11.9. The predicted molar refractivity (Wildman–Crippen MR) is 115 cm³/mol. The van der Waals surface area contributed by atoms with Gasteiger partial charge in [0.15, 0.2) is 0 Å². The molecular weight excluding hydrogens is 346 g/mol. The molecule has 0 aromatic carbocycles. The van der Waals surface area contributed by atoms with Crippen LogP contribution in [0.15, 0.2) is 0 Å². The van der Waals surface area contributed by atoms with Gasteiger partial charge in [0.2, 0.25) is 0 Å². The van der Waals surface area contributed by atoms with Crippen LogP contribution in [0.1, 0.15) is 66.2 Å². The summed E-state index contributed by atoms with van der Waals surface area (Å²) < 4.78 is 0. The zero-order valence-corrected chi connectivity index (χ0v) is 18.8. The Morgan fingerprint density at radius 2 is 1.39 bits per heavy atom. The molecule has 4 aliphatic rings. The zero-order valence-electron chi connectivity index (χ0n) is 18.8. The lowest BCUT2D eigenvalue weighted by atomic mass is 9.60. The molecule has 0 N–H and O–H groups in total. The average Bonchev–Trinajstić information content (AvgIpc) is 2.62. The second kappa shape index (κ2) is 8.35. The molecule has 0 aromatic heterocycles. The van der Waals surface area contributed by atoms with Crippen LogP contribution >= 0.6 is 0 Å². The molecule has 4 fully saturated rings. The molecule has 1 aliphatic carbocycles. The van der Waals surface area contributed by atoms with Gasteiger partial charge in [0, 0.05) is 31.1 Å². The molecular formula is C24H43N3O. The summed E-state index contributed by atoms with van der Waals surface area (Å²) >= 11 is 0. The lowest BCUT2D eigenvalue weighted by molar-refractivity contribution is -0.137. The van der Waals surface area contributed by atoms with Gasteiger partial charge in [-0.1, -0.05) is 27.7 Å². The first-order valence-electron chi connectivity index (χ1n) is 12.1. The standard InChI is InChI=1S/C24H43N3O/c1-18(2)20-5-9-26(10-6-20)21-7-11-27(12-8-21)22-13-24(14-22)16-25(17-24)15-23(28)19(3)4/h18-22H,5-17H2,1-4H3. The summed E-state index contributed by atoms with van der Waals surface area (Å²) in [5, 5.41) is 0. The fourth-order valence-corrected chi connectivity index (χ4v) is 6.44. The highest BCUT2D eigenvalue weighted by Gasteiger charge is 2.54. The minimum Gasteiger partial charge on any atom is -0.300 e. The Labute approximate surface area is 173 Å². The first-order valence-corrected chi connectivity index (χ1v) is 12.1. The van der Waals surface area contributed by atoms with Gasteiger partial charge in [-0.3, -0.25) is 9.69 Å². The number of Topliss-reactive ketones (excluding diaryl/α,β-unsaturated/α-hetero) is 1. The molecule has 4 rings (SSSR count). The van der Waals surface area contributed by atoms with Crippen molar-refractivity contribution in [3.8, 4) is 0 Å². The quantitative estimate of drug-likeness (QED) is 0.695. The van der Waals surface area contributed by atoms with E-state index < -0.39 is 0 Å². The van der Waals surface area contributed by atoms with E-state index in [4.69, 9.17) is 0 Å². The third kappa shape index (κ3) is 4.34. The van der Waals surface area contributed by atoms with Crippen LogP contribution in [0.3, 0.4) is 0 Å². The van der Waals surface area contributed by atoms with E-state index in [1.807, 2.05) is 13.8 Å². The number of hydrogen-bond donors (Lipinski definition) is 0. The molecule has 0 aromatic rings. The maximum atomic E-state index is 11.9. The highest BCUT2D eigenvalue weighted by molar-refractivity contribution is 5.82. The SMILES string of the molecule is CC(C)C(=O)CN1CC2(CC(N3CCC(N4CCC(C(C)C)CC4)CC3)C2)C1. The van der Waals surface area contributed by atoms with E-state index in [1.165, 1.54) is 77.8 Å². The fraction of sp³-hybridized carbons (Fsp3) is 0.958. The summed E-state index contributed by atoms with van der Waals surface area (Å²) in [5.74, 6) is 2.41. The van der Waals surface area contributed by atoms with Gasteiger partial charge in [0.1, 0.15) is 5.78 Å². The fourth-order valence-electron chi connectivity index (χ4n) is 6.44. The topological polar surface area (TPSA) is 26.8 Å². The van der Waals surface area contributed by atoms with Crippen LogP contribution in [0.2, 0.25) is 0 Å². The van der Waals surface area contributed by atoms with Gasteiger partial charge in [0.25, 0.3) is 0 Å². The van der Waals surface area contributed by atoms with Gasteiger partial charge in [-0.05, 0) is 82.0 Å². The second-order valence-corrected chi connectivity index (χ2v) is 11.2. The summed E-state index contributed by atoms with van der Waals surface area (Å²) in [6, 6.07) is 1.68. The van der Waals surface area contributed by atoms with Crippen LogP contribution in [-0.2, 0) is 4.79 Å². The molecule has 0 bridgehead atoms. The minimum atomic E-state index is 0.183. The first kappa shape index (κ1) is 20.8. The molecule has 28 heavy (non-hydrogen) atoms. The van der Waals surface area contributed by atoms with E-state index >= 15 is 0 Å². The summed E-state index contributed by atoms with van der Waals surface area (Å²) in [7, 11) is 0. The third-order valence-corrected chi connectivity index (χ3v) is 8.53. The molecule has 0 radical (unpaired) electrons. The molecule has 3 heterocycles. The number of nitrogens with zero attached hydrogens (tertiary/aromatic N) is 3. The summed E-state index contributed by atoms with van der Waals surface area (Å²) in [6.07, 6.45) is 8.35. The number of piperidine rings is 2. The first-order chi connectivity index (χ1) is 13.3. The highest BCUT2D eigenvalue weighted by atomic mass is 16.1. The van der Waals surface area contributed by atoms with Gasteiger partial charge < -0.3 is 9.80 Å². The van der Waals surface area contributed by atoms with Crippen molar-refractivity contribution in [2.45, 2.75) is 78.3 Å². The van der Waals surface area contributed by atoms with Crippen LogP contribution < -0.4 is 0 Å². The molecule has 1 saturated carbocycles. The van der Waals surface area contributed by atoms with Crippen molar-refractivity contribution >= 4 is 5.78 Å². The van der Waals surface area contributed by atoms with Gasteiger partial charge in [0.05, 0.1) is 6.54 Å².